The molecular weight excluding hydrogens is 347 g/mol. The Morgan fingerprint density at radius 1 is 1.05 bits per heavy atom. The molecule has 2 rings (SSSR count). The van der Waals surface area contributed by atoms with Crippen molar-refractivity contribution in [1.82, 2.24) is 0 Å². The minimum atomic E-state index is -0.0223. The van der Waals surface area contributed by atoms with E-state index in [0.717, 1.165) is 22.0 Å². The van der Waals surface area contributed by atoms with Gasteiger partial charge in [0, 0.05) is 20.4 Å². The lowest BCUT2D eigenvalue weighted by molar-refractivity contribution is 0.264. The SMILES string of the molecule is OC[C@@H](Cc1ccc(Br)cc1)c1ccc(Cl)cc1Cl. The van der Waals surface area contributed by atoms with Crippen molar-refractivity contribution in [1.29, 1.82) is 0 Å². The average Bonchev–Trinajstić information content (AvgIpc) is 2.39. The van der Waals surface area contributed by atoms with Crippen molar-refractivity contribution < 1.29 is 5.11 Å². The zero-order chi connectivity index (χ0) is 13.8. The number of aliphatic hydroxyl groups excluding tert-OH is 1. The summed E-state index contributed by atoms with van der Waals surface area (Å²) in [5.41, 5.74) is 2.09. The predicted octanol–water partition coefficient (Wildman–Crippen LogP) is 5.07. The summed E-state index contributed by atoms with van der Waals surface area (Å²) in [4.78, 5) is 0. The van der Waals surface area contributed by atoms with E-state index in [1.807, 2.05) is 30.3 Å². The van der Waals surface area contributed by atoms with E-state index in [2.05, 4.69) is 15.9 Å². The van der Waals surface area contributed by atoms with Crippen LogP contribution in [0.4, 0.5) is 0 Å². The Labute approximate surface area is 131 Å². The minimum Gasteiger partial charge on any atom is -0.396 e. The molecule has 0 aromatic heterocycles. The van der Waals surface area contributed by atoms with Crippen LogP contribution >= 0.6 is 39.1 Å². The van der Waals surface area contributed by atoms with Gasteiger partial charge in [-0.05, 0) is 41.8 Å². The maximum atomic E-state index is 9.59. The summed E-state index contributed by atoms with van der Waals surface area (Å²) in [5, 5.41) is 10.8. The Bertz CT molecular complexity index is 555. The van der Waals surface area contributed by atoms with E-state index in [1.54, 1.807) is 12.1 Å². The molecule has 0 unspecified atom stereocenters. The fraction of sp³-hybridized carbons (Fsp3) is 0.200. The molecule has 1 nitrogen and oxygen atoms in total. The summed E-state index contributed by atoms with van der Waals surface area (Å²) in [6.45, 7) is 0.0530. The third-order valence-electron chi connectivity index (χ3n) is 3.02. The largest absolute Gasteiger partial charge is 0.396 e. The van der Waals surface area contributed by atoms with Gasteiger partial charge in [0.25, 0.3) is 0 Å². The smallest absolute Gasteiger partial charge is 0.0503 e. The Hall–Kier alpha value is -0.540. The molecule has 0 radical (unpaired) electrons. The van der Waals surface area contributed by atoms with Gasteiger partial charge in [0.05, 0.1) is 6.61 Å². The first-order valence-electron chi connectivity index (χ1n) is 5.90. The first-order chi connectivity index (χ1) is 9.10. The van der Waals surface area contributed by atoms with Crippen LogP contribution in [0.25, 0.3) is 0 Å². The molecule has 0 heterocycles. The standard InChI is InChI=1S/C15H13BrCl2O/c16-12-3-1-10(2-4-12)7-11(9-19)14-6-5-13(17)8-15(14)18/h1-6,8,11,19H,7,9H2/t11-/m1/s1. The van der Waals surface area contributed by atoms with Gasteiger partial charge in [-0.15, -0.1) is 0 Å². The maximum Gasteiger partial charge on any atom is 0.0503 e. The Kier molecular flexibility index (Phi) is 5.28. The molecule has 0 aliphatic carbocycles. The van der Waals surface area contributed by atoms with Crippen LogP contribution in [0.1, 0.15) is 17.0 Å². The minimum absolute atomic E-state index is 0.0223. The highest BCUT2D eigenvalue weighted by atomic mass is 79.9. The van der Waals surface area contributed by atoms with Crippen LogP contribution in [0, 0.1) is 0 Å². The van der Waals surface area contributed by atoms with E-state index in [4.69, 9.17) is 23.2 Å². The second-order valence-electron chi connectivity index (χ2n) is 4.38. The molecule has 0 saturated heterocycles. The fourth-order valence-corrected chi connectivity index (χ4v) is 2.84. The van der Waals surface area contributed by atoms with Crippen molar-refractivity contribution in [3.63, 3.8) is 0 Å². The summed E-state index contributed by atoms with van der Waals surface area (Å²) in [6.07, 6.45) is 0.741. The Morgan fingerprint density at radius 2 is 1.74 bits per heavy atom. The number of hydrogen-bond acceptors (Lipinski definition) is 1. The van der Waals surface area contributed by atoms with E-state index in [0.29, 0.717) is 10.0 Å². The van der Waals surface area contributed by atoms with Gasteiger partial charge in [0.1, 0.15) is 0 Å². The normalized spacial score (nSPS) is 12.4. The van der Waals surface area contributed by atoms with Gasteiger partial charge < -0.3 is 5.11 Å². The molecule has 1 atom stereocenters. The van der Waals surface area contributed by atoms with Gasteiger partial charge in [0.15, 0.2) is 0 Å². The Morgan fingerprint density at radius 3 is 2.32 bits per heavy atom. The molecule has 0 bridgehead atoms. The van der Waals surface area contributed by atoms with Crippen LogP contribution in [0.5, 0.6) is 0 Å². The van der Waals surface area contributed by atoms with Crippen LogP contribution in [0.15, 0.2) is 46.9 Å². The molecular formula is C15H13BrCl2O. The van der Waals surface area contributed by atoms with Crippen molar-refractivity contribution in [3.8, 4) is 0 Å². The summed E-state index contributed by atoms with van der Waals surface area (Å²) in [7, 11) is 0. The number of rotatable bonds is 4. The van der Waals surface area contributed by atoms with Crippen LogP contribution in [-0.4, -0.2) is 11.7 Å². The van der Waals surface area contributed by atoms with E-state index in [-0.39, 0.29) is 12.5 Å². The summed E-state index contributed by atoms with van der Waals surface area (Å²) < 4.78 is 1.04. The molecule has 100 valence electrons. The molecule has 4 heteroatoms. The van der Waals surface area contributed by atoms with Gasteiger partial charge in [-0.3, -0.25) is 0 Å². The summed E-state index contributed by atoms with van der Waals surface area (Å²) in [5.74, 6) is -0.0223. The third-order valence-corrected chi connectivity index (χ3v) is 4.11. The van der Waals surface area contributed by atoms with Crippen LogP contribution in [0.3, 0.4) is 0 Å². The first kappa shape index (κ1) is 14.9. The van der Waals surface area contributed by atoms with Crippen LogP contribution in [-0.2, 0) is 6.42 Å². The lowest BCUT2D eigenvalue weighted by Gasteiger charge is -2.16. The second-order valence-corrected chi connectivity index (χ2v) is 6.14. The molecule has 0 fully saturated rings. The molecule has 0 spiro atoms. The number of hydrogen-bond donors (Lipinski definition) is 1. The molecule has 0 aliphatic heterocycles. The zero-order valence-corrected chi connectivity index (χ0v) is 13.2. The van der Waals surface area contributed by atoms with Crippen molar-refractivity contribution in [2.75, 3.05) is 6.61 Å². The highest BCUT2D eigenvalue weighted by Gasteiger charge is 2.15. The van der Waals surface area contributed by atoms with Gasteiger partial charge in [-0.2, -0.15) is 0 Å². The van der Waals surface area contributed by atoms with Crippen molar-refractivity contribution >= 4 is 39.1 Å². The van der Waals surface area contributed by atoms with E-state index in [9.17, 15) is 5.11 Å². The van der Waals surface area contributed by atoms with Gasteiger partial charge in [-0.25, -0.2) is 0 Å². The number of aliphatic hydroxyl groups is 1. The van der Waals surface area contributed by atoms with E-state index < -0.39 is 0 Å². The van der Waals surface area contributed by atoms with E-state index in [1.165, 1.54) is 0 Å². The van der Waals surface area contributed by atoms with Crippen molar-refractivity contribution in [2.45, 2.75) is 12.3 Å². The fourth-order valence-electron chi connectivity index (χ4n) is 2.01. The van der Waals surface area contributed by atoms with Gasteiger partial charge in [0.2, 0.25) is 0 Å². The lowest BCUT2D eigenvalue weighted by Crippen LogP contribution is -2.08. The van der Waals surface area contributed by atoms with E-state index >= 15 is 0 Å². The molecule has 0 amide bonds. The third kappa shape index (κ3) is 3.96. The first-order valence-corrected chi connectivity index (χ1v) is 7.45. The molecule has 0 aliphatic rings. The Balaban J connectivity index is 2.22. The molecule has 2 aromatic carbocycles. The predicted molar refractivity (Wildman–Crippen MR) is 84.1 cm³/mol. The number of halogens is 3. The lowest BCUT2D eigenvalue weighted by atomic mass is 9.93. The highest BCUT2D eigenvalue weighted by molar-refractivity contribution is 9.10. The molecule has 1 N–H and O–H groups in total. The average molecular weight is 360 g/mol. The summed E-state index contributed by atoms with van der Waals surface area (Å²) in [6, 6.07) is 13.5. The second kappa shape index (κ2) is 6.76. The summed E-state index contributed by atoms with van der Waals surface area (Å²) >= 11 is 15.5. The molecule has 0 saturated carbocycles. The van der Waals surface area contributed by atoms with Crippen LogP contribution in [0.2, 0.25) is 10.0 Å². The van der Waals surface area contributed by atoms with Gasteiger partial charge >= 0.3 is 0 Å². The quantitative estimate of drug-likeness (QED) is 0.807. The zero-order valence-electron chi connectivity index (χ0n) is 10.1. The highest BCUT2D eigenvalue weighted by Crippen LogP contribution is 2.30. The van der Waals surface area contributed by atoms with Crippen molar-refractivity contribution in [3.05, 3.63) is 68.1 Å². The molecule has 19 heavy (non-hydrogen) atoms. The number of benzene rings is 2. The molecule has 2 aromatic rings. The topological polar surface area (TPSA) is 20.2 Å². The van der Waals surface area contributed by atoms with Gasteiger partial charge in [-0.1, -0.05) is 57.3 Å². The van der Waals surface area contributed by atoms with Crippen LogP contribution < -0.4 is 0 Å². The maximum absolute atomic E-state index is 9.59. The van der Waals surface area contributed by atoms with Crippen molar-refractivity contribution in [2.24, 2.45) is 0 Å². The monoisotopic (exact) mass is 358 g/mol.